The number of nitrogens with zero attached hydrogens (tertiary/aromatic N) is 3. The zero-order valence-electron chi connectivity index (χ0n) is 18.5. The third kappa shape index (κ3) is 4.09. The van der Waals surface area contributed by atoms with E-state index in [1.807, 2.05) is 60.9 Å². The highest BCUT2D eigenvalue weighted by Crippen LogP contribution is 2.26. The lowest BCUT2D eigenvalue weighted by atomic mass is 10.1. The van der Waals surface area contributed by atoms with Crippen molar-refractivity contribution >= 4 is 40.9 Å². The first-order valence-corrected chi connectivity index (χ1v) is 10.9. The summed E-state index contributed by atoms with van der Waals surface area (Å²) >= 11 is 5.30. The van der Waals surface area contributed by atoms with Crippen molar-refractivity contribution < 1.29 is 9.59 Å². The Morgan fingerprint density at radius 2 is 1.67 bits per heavy atom. The molecular formula is C26H22N4O2S. The van der Waals surface area contributed by atoms with Gasteiger partial charge in [0.25, 0.3) is 11.8 Å². The fraction of sp³-hybridized carbons (Fsp3) is 0.154. The molecule has 164 valence electrons. The number of aryl methyl sites for hydroxylation is 2. The van der Waals surface area contributed by atoms with Gasteiger partial charge in [0.1, 0.15) is 5.57 Å². The molecule has 33 heavy (non-hydrogen) atoms. The lowest BCUT2D eigenvalue weighted by Crippen LogP contribution is -2.54. The van der Waals surface area contributed by atoms with E-state index in [1.165, 1.54) is 4.90 Å². The average Bonchev–Trinajstić information content (AvgIpc) is 3.09. The molecule has 3 aromatic rings. The van der Waals surface area contributed by atoms with Crippen LogP contribution in [0.5, 0.6) is 0 Å². The highest BCUT2D eigenvalue weighted by atomic mass is 32.1. The summed E-state index contributed by atoms with van der Waals surface area (Å²) in [6.07, 6.45) is 2.49. The van der Waals surface area contributed by atoms with Gasteiger partial charge in [0.15, 0.2) is 5.11 Å². The van der Waals surface area contributed by atoms with Gasteiger partial charge in [-0.3, -0.25) is 19.8 Å². The number of hydrogen-bond acceptors (Lipinski definition) is 4. The van der Waals surface area contributed by atoms with Gasteiger partial charge in [0.2, 0.25) is 0 Å². The summed E-state index contributed by atoms with van der Waals surface area (Å²) in [6, 6.07) is 18.8. The summed E-state index contributed by atoms with van der Waals surface area (Å²) in [7, 11) is 0. The number of nitrogens with one attached hydrogen (secondary N) is 1. The van der Waals surface area contributed by atoms with Crippen molar-refractivity contribution in [3.8, 4) is 11.8 Å². The highest BCUT2D eigenvalue weighted by molar-refractivity contribution is 7.80. The number of carbonyl (C=O) groups excluding carboxylic acids is 2. The van der Waals surface area contributed by atoms with Crippen LogP contribution in [0.3, 0.4) is 0 Å². The number of benzene rings is 2. The maximum Gasteiger partial charge on any atom is 0.270 e. The van der Waals surface area contributed by atoms with E-state index in [0.29, 0.717) is 11.3 Å². The molecule has 0 unspecified atom stereocenters. The Morgan fingerprint density at radius 1 is 1.03 bits per heavy atom. The maximum atomic E-state index is 13.3. The fourth-order valence-electron chi connectivity index (χ4n) is 3.94. The lowest BCUT2D eigenvalue weighted by molar-refractivity contribution is -0.122. The molecule has 2 aromatic carbocycles. The number of nitriles is 1. The lowest BCUT2D eigenvalue weighted by Gasteiger charge is -2.29. The molecule has 0 radical (unpaired) electrons. The highest BCUT2D eigenvalue weighted by Gasteiger charge is 2.34. The molecule has 4 rings (SSSR count). The molecule has 1 saturated heterocycles. The molecule has 1 fully saturated rings. The molecule has 0 spiro atoms. The van der Waals surface area contributed by atoms with Gasteiger partial charge in [-0.05, 0) is 92.2 Å². The molecule has 6 nitrogen and oxygen atoms in total. The fourth-order valence-corrected chi connectivity index (χ4v) is 4.23. The zero-order valence-corrected chi connectivity index (χ0v) is 19.4. The number of carbonyl (C=O) groups is 2. The molecule has 0 atom stereocenters. The Morgan fingerprint density at radius 3 is 2.27 bits per heavy atom. The van der Waals surface area contributed by atoms with Gasteiger partial charge in [-0.2, -0.15) is 5.26 Å². The van der Waals surface area contributed by atoms with E-state index in [0.717, 1.165) is 34.6 Å². The topological polar surface area (TPSA) is 78.1 Å². The predicted molar refractivity (Wildman–Crippen MR) is 132 cm³/mol. The number of amides is 2. The Balaban J connectivity index is 1.73. The number of hydrogen-bond donors (Lipinski definition) is 1. The van der Waals surface area contributed by atoms with Gasteiger partial charge in [-0.15, -0.1) is 0 Å². The van der Waals surface area contributed by atoms with E-state index in [2.05, 4.69) is 18.3 Å². The van der Waals surface area contributed by atoms with Crippen LogP contribution in [0, 0.1) is 25.2 Å². The van der Waals surface area contributed by atoms with Crippen molar-refractivity contribution in [3.05, 3.63) is 88.2 Å². The first kappa shape index (κ1) is 22.2. The molecule has 0 bridgehead atoms. The summed E-state index contributed by atoms with van der Waals surface area (Å²) in [4.78, 5) is 27.4. The van der Waals surface area contributed by atoms with Gasteiger partial charge < -0.3 is 4.57 Å². The number of anilines is 1. The summed E-state index contributed by atoms with van der Waals surface area (Å²) < 4.78 is 2.02. The van der Waals surface area contributed by atoms with Crippen LogP contribution in [-0.4, -0.2) is 21.5 Å². The van der Waals surface area contributed by atoms with Crippen molar-refractivity contribution in [2.75, 3.05) is 4.90 Å². The monoisotopic (exact) mass is 454 g/mol. The van der Waals surface area contributed by atoms with E-state index in [1.54, 1.807) is 18.2 Å². The molecular weight excluding hydrogens is 432 g/mol. The van der Waals surface area contributed by atoms with Crippen LogP contribution in [0.1, 0.15) is 35.0 Å². The average molecular weight is 455 g/mol. The summed E-state index contributed by atoms with van der Waals surface area (Å²) in [5.74, 6) is -0.981. The molecule has 2 heterocycles. The van der Waals surface area contributed by atoms with Crippen LogP contribution >= 0.6 is 12.2 Å². The van der Waals surface area contributed by atoms with Gasteiger partial charge in [0, 0.05) is 17.1 Å². The van der Waals surface area contributed by atoms with E-state index < -0.39 is 11.8 Å². The van der Waals surface area contributed by atoms with E-state index in [4.69, 9.17) is 17.5 Å². The van der Waals surface area contributed by atoms with Crippen LogP contribution in [0.2, 0.25) is 0 Å². The molecule has 1 aliphatic rings. The Bertz CT molecular complexity index is 1340. The number of aromatic nitrogens is 1. The predicted octanol–water partition coefficient (Wildman–Crippen LogP) is 4.36. The summed E-state index contributed by atoms with van der Waals surface area (Å²) in [5.41, 5.74) is 5.81. The van der Waals surface area contributed by atoms with Crippen LogP contribution in [0.15, 0.2) is 60.2 Å². The summed E-state index contributed by atoms with van der Waals surface area (Å²) in [5, 5.41) is 11.7. The molecule has 1 aromatic heterocycles. The maximum absolute atomic E-state index is 13.3. The Hall–Kier alpha value is -4.02. The van der Waals surface area contributed by atoms with Gasteiger partial charge in [-0.1, -0.05) is 19.1 Å². The first-order chi connectivity index (χ1) is 15.8. The smallest absolute Gasteiger partial charge is 0.270 e. The minimum atomic E-state index is -0.519. The van der Waals surface area contributed by atoms with E-state index in [-0.39, 0.29) is 10.7 Å². The van der Waals surface area contributed by atoms with Crippen molar-refractivity contribution in [1.29, 1.82) is 5.26 Å². The van der Waals surface area contributed by atoms with E-state index >= 15 is 0 Å². The molecule has 2 amide bonds. The van der Waals surface area contributed by atoms with Gasteiger partial charge >= 0.3 is 0 Å². The molecule has 7 heteroatoms. The molecule has 0 aliphatic carbocycles. The Kier molecular flexibility index (Phi) is 5.95. The SMILES string of the molecule is CCc1ccc(N2C(=O)C(=Cc3cc(C)n(-c4ccc(C#N)cc4)c3C)C(=O)NC2=S)cc1. The number of rotatable bonds is 4. The third-order valence-electron chi connectivity index (χ3n) is 5.73. The second kappa shape index (κ2) is 8.85. The standard InChI is InChI=1S/C26H22N4O2S/c1-4-18-5-9-22(10-6-18)30-25(32)23(24(31)28-26(30)33)14-20-13-16(2)29(17(20)3)21-11-7-19(15-27)8-12-21/h5-14H,4H2,1-3H3,(H,28,31,33). The first-order valence-electron chi connectivity index (χ1n) is 10.5. The quantitative estimate of drug-likeness (QED) is 0.361. The number of thiocarbonyl (C=S) groups is 1. The Labute approximate surface area is 197 Å². The second-order valence-corrected chi connectivity index (χ2v) is 8.19. The van der Waals surface area contributed by atoms with Gasteiger partial charge in [-0.25, -0.2) is 0 Å². The van der Waals surface area contributed by atoms with Crippen molar-refractivity contribution in [2.24, 2.45) is 0 Å². The van der Waals surface area contributed by atoms with Crippen molar-refractivity contribution in [2.45, 2.75) is 27.2 Å². The van der Waals surface area contributed by atoms with Crippen molar-refractivity contribution in [1.82, 2.24) is 9.88 Å². The minimum absolute atomic E-state index is 0.0169. The summed E-state index contributed by atoms with van der Waals surface area (Å²) in [6.45, 7) is 5.93. The normalized spacial score (nSPS) is 15.0. The van der Waals surface area contributed by atoms with E-state index in [9.17, 15) is 9.59 Å². The molecule has 1 N–H and O–H groups in total. The van der Waals surface area contributed by atoms with Crippen LogP contribution < -0.4 is 10.2 Å². The molecule has 0 saturated carbocycles. The molecule has 1 aliphatic heterocycles. The second-order valence-electron chi connectivity index (χ2n) is 7.80. The zero-order chi connectivity index (χ0) is 23.7. The van der Waals surface area contributed by atoms with Crippen LogP contribution in [-0.2, 0) is 16.0 Å². The van der Waals surface area contributed by atoms with Crippen molar-refractivity contribution in [3.63, 3.8) is 0 Å². The third-order valence-corrected chi connectivity index (χ3v) is 6.01. The van der Waals surface area contributed by atoms with Gasteiger partial charge in [0.05, 0.1) is 17.3 Å². The minimum Gasteiger partial charge on any atom is -0.318 e. The largest absolute Gasteiger partial charge is 0.318 e. The van der Waals surface area contributed by atoms with Crippen LogP contribution in [0.25, 0.3) is 11.8 Å². The van der Waals surface area contributed by atoms with Crippen LogP contribution in [0.4, 0.5) is 5.69 Å².